The fraction of sp³-hybridized carbons (Fsp3) is 0.333. The van der Waals surface area contributed by atoms with Crippen molar-refractivity contribution in [3.63, 3.8) is 0 Å². The predicted octanol–water partition coefficient (Wildman–Crippen LogP) is 4.75. The van der Waals surface area contributed by atoms with Gasteiger partial charge < -0.3 is 5.32 Å². The lowest BCUT2D eigenvalue weighted by Gasteiger charge is -2.33. The van der Waals surface area contributed by atoms with Crippen LogP contribution >= 0.6 is 23.4 Å². The summed E-state index contributed by atoms with van der Waals surface area (Å²) in [5, 5.41) is 4.31. The van der Waals surface area contributed by atoms with Crippen molar-refractivity contribution < 1.29 is 0 Å². The number of benzene rings is 2. The molecule has 0 radical (unpaired) electrons. The number of rotatable bonds is 6. The summed E-state index contributed by atoms with van der Waals surface area (Å²) in [7, 11) is 2.06. The molecule has 110 valence electrons. The second kappa shape index (κ2) is 6.87. The Hall–Kier alpha value is -0.960. The highest BCUT2D eigenvalue weighted by Gasteiger charge is 2.27. The molecule has 1 nitrogen and oxygen atoms in total. The summed E-state index contributed by atoms with van der Waals surface area (Å²) in [6, 6.07) is 17.4. The third kappa shape index (κ3) is 3.45. The van der Waals surface area contributed by atoms with E-state index in [1.807, 2.05) is 30.0 Å². The Morgan fingerprint density at radius 1 is 1.19 bits per heavy atom. The third-order valence-electron chi connectivity index (χ3n) is 4.22. The van der Waals surface area contributed by atoms with Crippen molar-refractivity contribution in [2.75, 3.05) is 12.8 Å². The molecule has 3 heteroatoms. The summed E-state index contributed by atoms with van der Waals surface area (Å²) in [5.41, 5.74) is 3.07. The molecular weight excluding hydrogens is 298 g/mol. The number of hydrogen-bond donors (Lipinski definition) is 1. The molecule has 0 bridgehead atoms. The topological polar surface area (TPSA) is 12.0 Å². The van der Waals surface area contributed by atoms with E-state index in [1.54, 1.807) is 5.56 Å². The van der Waals surface area contributed by atoms with Gasteiger partial charge in [-0.05, 0) is 49.1 Å². The van der Waals surface area contributed by atoms with Gasteiger partial charge in [-0.3, -0.25) is 0 Å². The Morgan fingerprint density at radius 3 is 2.71 bits per heavy atom. The normalized spacial score (nSPS) is 17.9. The van der Waals surface area contributed by atoms with Crippen LogP contribution in [0.5, 0.6) is 0 Å². The fourth-order valence-electron chi connectivity index (χ4n) is 2.94. The minimum Gasteiger partial charge on any atom is -0.316 e. The molecule has 2 aromatic carbocycles. The van der Waals surface area contributed by atoms with Gasteiger partial charge in [0.2, 0.25) is 0 Å². The van der Waals surface area contributed by atoms with E-state index in [0.29, 0.717) is 12.0 Å². The third-order valence-corrected chi connectivity index (χ3v) is 5.89. The Morgan fingerprint density at radius 2 is 1.95 bits per heavy atom. The van der Waals surface area contributed by atoms with E-state index in [0.717, 1.165) is 10.8 Å². The smallest absolute Gasteiger partial charge is 0.0541 e. The van der Waals surface area contributed by atoms with E-state index in [2.05, 4.69) is 42.7 Å². The summed E-state index contributed by atoms with van der Waals surface area (Å²) >= 11 is 8.06. The van der Waals surface area contributed by atoms with Gasteiger partial charge in [-0.25, -0.2) is 0 Å². The van der Waals surface area contributed by atoms with Crippen molar-refractivity contribution in [1.82, 2.24) is 5.32 Å². The first-order chi connectivity index (χ1) is 10.3. The maximum absolute atomic E-state index is 6.22. The van der Waals surface area contributed by atoms with Gasteiger partial charge in [-0.1, -0.05) is 48.0 Å². The highest BCUT2D eigenvalue weighted by atomic mass is 35.5. The number of fused-ring (bicyclic) bond motifs is 1. The van der Waals surface area contributed by atoms with E-state index in [-0.39, 0.29) is 0 Å². The highest BCUT2D eigenvalue weighted by molar-refractivity contribution is 7.99. The molecule has 0 saturated heterocycles. The van der Waals surface area contributed by atoms with Crippen LogP contribution in [0.3, 0.4) is 0 Å². The summed E-state index contributed by atoms with van der Waals surface area (Å²) in [4.78, 5) is 1.17. The first-order valence-electron chi connectivity index (χ1n) is 7.40. The summed E-state index contributed by atoms with van der Waals surface area (Å²) < 4.78 is 0. The highest BCUT2D eigenvalue weighted by Crippen LogP contribution is 2.38. The first kappa shape index (κ1) is 15.0. The van der Waals surface area contributed by atoms with Crippen LogP contribution in [0, 0.1) is 0 Å². The van der Waals surface area contributed by atoms with Crippen molar-refractivity contribution in [2.24, 2.45) is 0 Å². The molecule has 0 heterocycles. The Labute approximate surface area is 136 Å². The minimum absolute atomic E-state index is 0.518. The fourth-order valence-corrected chi connectivity index (χ4v) is 4.30. The van der Waals surface area contributed by atoms with Crippen LogP contribution in [0.4, 0.5) is 0 Å². The molecule has 1 aliphatic rings. The second-order valence-corrected chi connectivity index (χ2v) is 7.03. The molecule has 0 spiro atoms. The molecule has 0 fully saturated rings. The zero-order chi connectivity index (χ0) is 14.7. The second-order valence-electron chi connectivity index (χ2n) is 5.56. The quantitative estimate of drug-likeness (QED) is 0.772. The Bertz CT molecular complexity index is 614. The lowest BCUT2D eigenvalue weighted by atomic mass is 9.74. The molecule has 0 amide bonds. The molecule has 1 N–H and O–H groups in total. The largest absolute Gasteiger partial charge is 0.316 e. The van der Waals surface area contributed by atoms with Gasteiger partial charge in [0.15, 0.2) is 0 Å². The van der Waals surface area contributed by atoms with E-state index < -0.39 is 0 Å². The molecule has 2 unspecified atom stereocenters. The van der Waals surface area contributed by atoms with Crippen molar-refractivity contribution in [3.05, 3.63) is 64.7 Å². The maximum atomic E-state index is 6.22. The summed E-state index contributed by atoms with van der Waals surface area (Å²) in [6.07, 6.45) is 2.43. The standard InChI is InChI=1S/C18H20ClNS/c1-20-15(12-21-18-9-5-4-8-17(18)19)11-14-10-13-6-2-3-7-16(13)14/h2-9,14-15,20H,10-12H2,1H3. The molecule has 0 saturated carbocycles. The Balaban J connectivity index is 1.56. The molecule has 2 aromatic rings. The lowest BCUT2D eigenvalue weighted by molar-refractivity contribution is 0.468. The van der Waals surface area contributed by atoms with Crippen LogP contribution in [0.15, 0.2) is 53.4 Å². The zero-order valence-electron chi connectivity index (χ0n) is 12.2. The van der Waals surface area contributed by atoms with Crippen LogP contribution in [-0.4, -0.2) is 18.8 Å². The van der Waals surface area contributed by atoms with Crippen molar-refractivity contribution in [1.29, 1.82) is 0 Å². The van der Waals surface area contributed by atoms with Crippen LogP contribution in [0.25, 0.3) is 0 Å². The SMILES string of the molecule is CNC(CSc1ccccc1Cl)CC1Cc2ccccc21. The number of nitrogens with one attached hydrogen (secondary N) is 1. The van der Waals surface area contributed by atoms with Crippen molar-refractivity contribution in [3.8, 4) is 0 Å². The molecule has 3 rings (SSSR count). The van der Waals surface area contributed by atoms with E-state index in [1.165, 1.54) is 23.3 Å². The lowest BCUT2D eigenvalue weighted by Crippen LogP contribution is -2.32. The van der Waals surface area contributed by atoms with E-state index >= 15 is 0 Å². The maximum Gasteiger partial charge on any atom is 0.0541 e. The summed E-state index contributed by atoms with van der Waals surface area (Å²) in [6.45, 7) is 0. The van der Waals surface area contributed by atoms with Gasteiger partial charge in [0.25, 0.3) is 0 Å². The van der Waals surface area contributed by atoms with Crippen molar-refractivity contribution >= 4 is 23.4 Å². The van der Waals surface area contributed by atoms with Crippen LogP contribution < -0.4 is 5.32 Å². The minimum atomic E-state index is 0.518. The average Bonchev–Trinajstić information content (AvgIpc) is 2.49. The van der Waals surface area contributed by atoms with Gasteiger partial charge in [-0.15, -0.1) is 11.8 Å². The molecule has 21 heavy (non-hydrogen) atoms. The van der Waals surface area contributed by atoms with E-state index in [9.17, 15) is 0 Å². The van der Waals surface area contributed by atoms with E-state index in [4.69, 9.17) is 11.6 Å². The van der Waals surface area contributed by atoms with Gasteiger partial charge in [0.1, 0.15) is 0 Å². The average molecular weight is 318 g/mol. The summed E-state index contributed by atoms with van der Waals surface area (Å²) in [5.74, 6) is 1.77. The van der Waals surface area contributed by atoms with Gasteiger partial charge in [0, 0.05) is 16.7 Å². The van der Waals surface area contributed by atoms with Crippen LogP contribution in [0.2, 0.25) is 5.02 Å². The van der Waals surface area contributed by atoms with Gasteiger partial charge in [-0.2, -0.15) is 0 Å². The molecule has 0 aromatic heterocycles. The molecule has 2 atom stereocenters. The number of halogens is 1. The van der Waals surface area contributed by atoms with Gasteiger partial charge in [0.05, 0.1) is 5.02 Å². The van der Waals surface area contributed by atoms with Gasteiger partial charge >= 0.3 is 0 Å². The first-order valence-corrected chi connectivity index (χ1v) is 8.76. The Kier molecular flexibility index (Phi) is 4.89. The number of thioether (sulfide) groups is 1. The van der Waals surface area contributed by atoms with Crippen molar-refractivity contribution in [2.45, 2.75) is 29.7 Å². The molecule has 1 aliphatic carbocycles. The predicted molar refractivity (Wildman–Crippen MR) is 92.5 cm³/mol. The zero-order valence-corrected chi connectivity index (χ0v) is 13.8. The number of hydrogen-bond acceptors (Lipinski definition) is 2. The monoisotopic (exact) mass is 317 g/mol. The molecular formula is C18H20ClNS. The molecule has 0 aliphatic heterocycles. The van der Waals surface area contributed by atoms with Crippen LogP contribution in [0.1, 0.15) is 23.5 Å². The van der Waals surface area contributed by atoms with Crippen LogP contribution in [-0.2, 0) is 6.42 Å².